The number of amides is 2. The summed E-state index contributed by atoms with van der Waals surface area (Å²) in [4.78, 5) is 48.5. The standard InChI is InChI=1S/C22H23FN6O3S/c23-15-5-1-2-6-16(15)26-17(30)11-29-12-24-19-18(21(29)32)33-22(27-19)28-9-3-4-13(10-28)20(31)25-14-7-8-14/h1-2,5-6,12-14H,3-4,7-11H2,(H,25,31)(H,26,30)/t13-/m0/s1. The van der Waals surface area contributed by atoms with Gasteiger partial charge in [0.1, 0.15) is 23.4 Å². The zero-order valence-corrected chi connectivity index (χ0v) is 18.6. The van der Waals surface area contributed by atoms with Crippen molar-refractivity contribution in [2.75, 3.05) is 23.3 Å². The van der Waals surface area contributed by atoms with Crippen LogP contribution >= 0.6 is 11.3 Å². The van der Waals surface area contributed by atoms with Crippen LogP contribution in [0.2, 0.25) is 0 Å². The van der Waals surface area contributed by atoms with Crippen LogP contribution in [0.5, 0.6) is 0 Å². The van der Waals surface area contributed by atoms with Gasteiger partial charge >= 0.3 is 0 Å². The van der Waals surface area contributed by atoms with Gasteiger partial charge in [0, 0.05) is 19.1 Å². The molecule has 9 nitrogen and oxygen atoms in total. The molecule has 0 unspecified atom stereocenters. The molecule has 1 saturated heterocycles. The van der Waals surface area contributed by atoms with Crippen LogP contribution in [0.3, 0.4) is 0 Å². The Labute approximate surface area is 192 Å². The Bertz CT molecular complexity index is 1270. The summed E-state index contributed by atoms with van der Waals surface area (Å²) in [5.74, 6) is -1.10. The number of benzene rings is 1. The van der Waals surface area contributed by atoms with Crippen LogP contribution in [-0.2, 0) is 16.1 Å². The molecule has 1 atom stereocenters. The Hall–Kier alpha value is -3.34. The van der Waals surface area contributed by atoms with Crippen molar-refractivity contribution in [3.8, 4) is 0 Å². The monoisotopic (exact) mass is 470 g/mol. The highest BCUT2D eigenvalue weighted by atomic mass is 32.1. The third-order valence-electron chi connectivity index (χ3n) is 5.82. The van der Waals surface area contributed by atoms with E-state index in [2.05, 4.69) is 20.6 Å². The number of carbonyl (C=O) groups is 2. The van der Waals surface area contributed by atoms with E-state index in [1.54, 1.807) is 6.07 Å². The number of nitrogens with zero attached hydrogens (tertiary/aromatic N) is 4. The maximum absolute atomic E-state index is 13.8. The lowest BCUT2D eigenvalue weighted by molar-refractivity contribution is -0.125. The number of anilines is 2. The average Bonchev–Trinajstić information content (AvgIpc) is 3.51. The van der Waals surface area contributed by atoms with Gasteiger partial charge in [0.05, 0.1) is 11.6 Å². The Morgan fingerprint density at radius 2 is 2.03 bits per heavy atom. The molecule has 2 aliphatic rings. The first-order valence-corrected chi connectivity index (χ1v) is 11.8. The highest BCUT2D eigenvalue weighted by Gasteiger charge is 2.31. The van der Waals surface area contributed by atoms with Crippen molar-refractivity contribution >= 4 is 44.3 Å². The molecule has 5 rings (SSSR count). The molecular weight excluding hydrogens is 447 g/mol. The molecule has 1 saturated carbocycles. The minimum Gasteiger partial charge on any atom is -0.353 e. The van der Waals surface area contributed by atoms with E-state index in [-0.39, 0.29) is 29.6 Å². The molecule has 2 fully saturated rings. The van der Waals surface area contributed by atoms with E-state index in [0.717, 1.165) is 32.2 Å². The number of carbonyl (C=O) groups excluding carboxylic acids is 2. The fourth-order valence-electron chi connectivity index (χ4n) is 3.90. The van der Waals surface area contributed by atoms with Crippen LogP contribution in [0.25, 0.3) is 10.3 Å². The highest BCUT2D eigenvalue weighted by molar-refractivity contribution is 7.22. The van der Waals surface area contributed by atoms with E-state index in [0.29, 0.717) is 28.1 Å². The molecule has 0 radical (unpaired) electrons. The lowest BCUT2D eigenvalue weighted by Crippen LogP contribution is -2.43. The summed E-state index contributed by atoms with van der Waals surface area (Å²) in [5, 5.41) is 6.18. The van der Waals surface area contributed by atoms with Crippen LogP contribution < -0.4 is 21.1 Å². The normalized spacial score (nSPS) is 18.3. The first kappa shape index (κ1) is 21.5. The van der Waals surface area contributed by atoms with Crippen LogP contribution in [0.1, 0.15) is 25.7 Å². The predicted molar refractivity (Wildman–Crippen MR) is 123 cm³/mol. The largest absolute Gasteiger partial charge is 0.353 e. The number of thiazole rings is 1. The Morgan fingerprint density at radius 3 is 2.82 bits per heavy atom. The Kier molecular flexibility index (Phi) is 5.79. The topological polar surface area (TPSA) is 109 Å². The SMILES string of the molecule is O=C(Cn1cnc2nc(N3CCC[C@H](C(=O)NC4CC4)C3)sc2c1=O)Nc1ccccc1F. The average molecular weight is 471 g/mol. The summed E-state index contributed by atoms with van der Waals surface area (Å²) in [6, 6.07) is 6.16. The molecular formula is C22H23FN6O3S. The highest BCUT2D eigenvalue weighted by Crippen LogP contribution is 2.30. The summed E-state index contributed by atoms with van der Waals surface area (Å²) in [6.07, 6.45) is 5.08. The van der Waals surface area contributed by atoms with E-state index in [1.807, 2.05) is 4.90 Å². The van der Waals surface area contributed by atoms with Gasteiger partial charge in [-0.1, -0.05) is 23.5 Å². The third-order valence-corrected chi connectivity index (χ3v) is 6.91. The van der Waals surface area contributed by atoms with Crippen molar-refractivity contribution in [1.29, 1.82) is 0 Å². The predicted octanol–water partition coefficient (Wildman–Crippen LogP) is 2.13. The van der Waals surface area contributed by atoms with Crippen LogP contribution in [-0.4, -0.2) is 45.5 Å². The molecule has 1 aromatic carbocycles. The number of rotatable bonds is 6. The zero-order valence-electron chi connectivity index (χ0n) is 17.8. The van der Waals surface area contributed by atoms with Gasteiger partial charge in [-0.15, -0.1) is 0 Å². The van der Waals surface area contributed by atoms with Crippen molar-refractivity contribution in [3.63, 3.8) is 0 Å². The van der Waals surface area contributed by atoms with Gasteiger partial charge in [-0.2, -0.15) is 4.98 Å². The molecule has 2 N–H and O–H groups in total. The first-order valence-electron chi connectivity index (χ1n) is 10.9. The number of para-hydroxylation sites is 1. The molecule has 1 aliphatic heterocycles. The van der Waals surface area contributed by atoms with Crippen LogP contribution in [0.4, 0.5) is 15.2 Å². The summed E-state index contributed by atoms with van der Waals surface area (Å²) in [5.41, 5.74) is -0.0159. The van der Waals surface area contributed by atoms with E-state index in [9.17, 15) is 18.8 Å². The van der Waals surface area contributed by atoms with Gasteiger partial charge in [0.15, 0.2) is 10.8 Å². The number of nitrogens with one attached hydrogen (secondary N) is 2. The van der Waals surface area contributed by atoms with Gasteiger partial charge in [0.25, 0.3) is 5.56 Å². The molecule has 11 heteroatoms. The van der Waals surface area contributed by atoms with E-state index in [4.69, 9.17) is 0 Å². The molecule has 172 valence electrons. The zero-order chi connectivity index (χ0) is 22.9. The fraction of sp³-hybridized carbons (Fsp3) is 0.409. The fourth-order valence-corrected chi connectivity index (χ4v) is 4.91. The van der Waals surface area contributed by atoms with Crippen molar-refractivity contribution in [3.05, 3.63) is 46.8 Å². The van der Waals surface area contributed by atoms with Crippen molar-refractivity contribution in [2.45, 2.75) is 38.3 Å². The Morgan fingerprint density at radius 1 is 1.21 bits per heavy atom. The van der Waals surface area contributed by atoms with Crippen LogP contribution in [0.15, 0.2) is 35.4 Å². The van der Waals surface area contributed by atoms with Gasteiger partial charge < -0.3 is 15.5 Å². The lowest BCUT2D eigenvalue weighted by atomic mass is 9.97. The second-order valence-corrected chi connectivity index (χ2v) is 9.40. The Balaban J connectivity index is 1.31. The molecule has 33 heavy (non-hydrogen) atoms. The summed E-state index contributed by atoms with van der Waals surface area (Å²) in [7, 11) is 0. The first-order chi connectivity index (χ1) is 16.0. The minimum atomic E-state index is -0.551. The summed E-state index contributed by atoms with van der Waals surface area (Å²) >= 11 is 1.21. The van der Waals surface area contributed by atoms with Gasteiger partial charge in [-0.05, 0) is 37.8 Å². The maximum Gasteiger partial charge on any atom is 0.273 e. The van der Waals surface area contributed by atoms with E-state index < -0.39 is 11.7 Å². The number of fused-ring (bicyclic) bond motifs is 1. The molecule has 1 aliphatic carbocycles. The molecule has 3 aromatic rings. The van der Waals surface area contributed by atoms with E-state index in [1.165, 1.54) is 40.4 Å². The van der Waals surface area contributed by atoms with Gasteiger partial charge in [-0.25, -0.2) is 9.37 Å². The molecule has 2 aromatic heterocycles. The van der Waals surface area contributed by atoms with Crippen LogP contribution in [0, 0.1) is 11.7 Å². The molecule has 3 heterocycles. The number of aromatic nitrogens is 3. The van der Waals surface area contributed by atoms with E-state index >= 15 is 0 Å². The van der Waals surface area contributed by atoms with Crippen molar-refractivity contribution in [2.24, 2.45) is 5.92 Å². The van der Waals surface area contributed by atoms with Crippen molar-refractivity contribution < 1.29 is 14.0 Å². The van der Waals surface area contributed by atoms with Crippen molar-refractivity contribution in [1.82, 2.24) is 19.9 Å². The van der Waals surface area contributed by atoms with Gasteiger partial charge in [0.2, 0.25) is 11.8 Å². The molecule has 2 amide bonds. The minimum absolute atomic E-state index is 0.0510. The quantitative estimate of drug-likeness (QED) is 0.571. The second kappa shape index (κ2) is 8.89. The molecule has 0 spiro atoms. The lowest BCUT2D eigenvalue weighted by Gasteiger charge is -2.31. The molecule has 0 bridgehead atoms. The number of hydrogen-bond donors (Lipinski definition) is 2. The maximum atomic E-state index is 13.8. The summed E-state index contributed by atoms with van der Waals surface area (Å²) < 4.78 is 15.3. The number of halogens is 1. The van der Waals surface area contributed by atoms with Gasteiger partial charge in [-0.3, -0.25) is 19.0 Å². The number of piperidine rings is 1. The summed E-state index contributed by atoms with van der Waals surface area (Å²) in [6.45, 7) is 1.01. The number of hydrogen-bond acceptors (Lipinski definition) is 7. The smallest absolute Gasteiger partial charge is 0.273 e. The third kappa shape index (κ3) is 4.72. The second-order valence-electron chi connectivity index (χ2n) is 8.42.